The van der Waals surface area contributed by atoms with Gasteiger partial charge in [0.15, 0.2) is 5.82 Å². The molecule has 0 saturated heterocycles. The second-order valence-corrected chi connectivity index (χ2v) is 12.4. The Labute approximate surface area is 251 Å². The van der Waals surface area contributed by atoms with E-state index in [2.05, 4.69) is 68.6 Å². The van der Waals surface area contributed by atoms with Gasteiger partial charge in [0, 0.05) is 41.4 Å². The molecule has 0 spiro atoms. The number of carbonyl (C=O) groups excluding carboxylic acids is 1. The summed E-state index contributed by atoms with van der Waals surface area (Å²) in [6.45, 7) is 0.760. The maximum Gasteiger partial charge on any atom is 0.303 e. The topological polar surface area (TPSA) is 110 Å². The molecule has 43 heavy (non-hydrogen) atoms. The molecule has 1 amide bonds. The zero-order chi connectivity index (χ0) is 29.4. The number of fused-ring (bicyclic) bond motifs is 5. The van der Waals surface area contributed by atoms with E-state index < -0.39 is 11.5 Å². The normalized spacial score (nSPS) is 17.9. The summed E-state index contributed by atoms with van der Waals surface area (Å²) in [6.07, 6.45) is 15.0. The van der Waals surface area contributed by atoms with Crippen molar-refractivity contribution in [1.82, 2.24) is 20.0 Å². The Bertz CT molecular complexity index is 1700. The van der Waals surface area contributed by atoms with Crippen LogP contribution in [-0.4, -0.2) is 31.7 Å². The van der Waals surface area contributed by atoms with Gasteiger partial charge < -0.3 is 19.5 Å². The van der Waals surface area contributed by atoms with Crippen LogP contribution in [0.1, 0.15) is 110 Å². The molecule has 2 N–H and O–H groups in total. The predicted molar refractivity (Wildman–Crippen MR) is 165 cm³/mol. The van der Waals surface area contributed by atoms with Gasteiger partial charge in [-0.2, -0.15) is 4.98 Å². The van der Waals surface area contributed by atoms with Crippen LogP contribution in [0.5, 0.6) is 0 Å². The minimum absolute atomic E-state index is 0.0509. The molecule has 1 aliphatic heterocycles. The number of carbonyl (C=O) groups is 2. The summed E-state index contributed by atoms with van der Waals surface area (Å²) in [5.41, 5.74) is 6.28. The first kappa shape index (κ1) is 27.6. The van der Waals surface area contributed by atoms with Crippen LogP contribution >= 0.6 is 0 Å². The second-order valence-electron chi connectivity index (χ2n) is 12.4. The first-order valence-corrected chi connectivity index (χ1v) is 15.8. The molecule has 2 fully saturated rings. The number of benzene rings is 2. The van der Waals surface area contributed by atoms with Crippen LogP contribution in [0.2, 0.25) is 0 Å². The number of rotatable bonds is 8. The van der Waals surface area contributed by atoms with E-state index in [1.54, 1.807) is 0 Å². The maximum absolute atomic E-state index is 13.9. The van der Waals surface area contributed by atoms with Crippen molar-refractivity contribution >= 4 is 28.9 Å². The fourth-order valence-electron chi connectivity index (χ4n) is 7.56. The Balaban J connectivity index is 1.24. The summed E-state index contributed by atoms with van der Waals surface area (Å²) in [7, 11) is 0. The first-order chi connectivity index (χ1) is 21.0. The van der Waals surface area contributed by atoms with E-state index >= 15 is 0 Å². The molecule has 8 nitrogen and oxygen atoms in total. The van der Waals surface area contributed by atoms with E-state index in [1.165, 1.54) is 59.9 Å². The molecule has 0 atom stereocenters. The Morgan fingerprint density at radius 2 is 1.86 bits per heavy atom. The van der Waals surface area contributed by atoms with E-state index in [4.69, 9.17) is 9.63 Å². The van der Waals surface area contributed by atoms with Gasteiger partial charge in [-0.1, -0.05) is 79.7 Å². The third kappa shape index (κ3) is 5.17. The van der Waals surface area contributed by atoms with Crippen molar-refractivity contribution in [1.29, 1.82) is 0 Å². The fourth-order valence-corrected chi connectivity index (χ4v) is 7.56. The van der Waals surface area contributed by atoms with Crippen LogP contribution in [0.25, 0.3) is 28.2 Å². The maximum atomic E-state index is 13.9. The summed E-state index contributed by atoms with van der Waals surface area (Å²) in [4.78, 5) is 29.4. The number of nitrogens with one attached hydrogen (secondary N) is 1. The monoisotopic (exact) mass is 578 g/mol. The lowest BCUT2D eigenvalue weighted by Gasteiger charge is -2.26. The van der Waals surface area contributed by atoms with Crippen LogP contribution in [0.3, 0.4) is 0 Å². The number of aryl methyl sites for hydroxylation is 1. The van der Waals surface area contributed by atoms with Gasteiger partial charge in [0.25, 0.3) is 5.91 Å². The molecule has 7 rings (SSSR count). The van der Waals surface area contributed by atoms with E-state index in [-0.39, 0.29) is 12.3 Å². The van der Waals surface area contributed by atoms with Crippen LogP contribution in [0.15, 0.2) is 53.1 Å². The first-order valence-electron chi connectivity index (χ1n) is 15.8. The van der Waals surface area contributed by atoms with E-state index in [9.17, 15) is 9.59 Å². The standard InChI is InChI=1S/C35H38N4O4/c40-30(41)16-8-15-29-36-34(38-43-29)35(19-6-7-20-35)37-33(42)25-17-18-27-28(22-25)39-21-9-13-23-10-4-5-14-26(23)32(39)31(27)24-11-2-1-3-12-24/h4-5,9-10,13-14,17-18,22,24H,1-3,6-8,11-12,15-16,19-21H2,(H,37,42)(H,40,41). The molecule has 2 aliphatic carbocycles. The van der Waals surface area contributed by atoms with E-state index in [0.717, 1.165) is 37.7 Å². The molecule has 222 valence electrons. The molecule has 2 saturated carbocycles. The van der Waals surface area contributed by atoms with Crippen molar-refractivity contribution in [3.8, 4) is 11.3 Å². The summed E-state index contributed by atoms with van der Waals surface area (Å²) in [5.74, 6) is 0.436. The van der Waals surface area contributed by atoms with E-state index in [1.807, 2.05) is 6.07 Å². The molecular weight excluding hydrogens is 540 g/mol. The molecule has 4 aromatic rings. The third-order valence-electron chi connectivity index (χ3n) is 9.67. The highest BCUT2D eigenvalue weighted by molar-refractivity contribution is 6.01. The lowest BCUT2D eigenvalue weighted by Crippen LogP contribution is -2.44. The quantitative estimate of drug-likeness (QED) is 0.226. The Hall–Kier alpha value is -4.20. The van der Waals surface area contributed by atoms with Gasteiger partial charge in [0.1, 0.15) is 5.54 Å². The van der Waals surface area contributed by atoms with Crippen LogP contribution in [0, 0.1) is 0 Å². The Morgan fingerprint density at radius 3 is 2.67 bits per heavy atom. The van der Waals surface area contributed by atoms with E-state index in [0.29, 0.717) is 36.0 Å². The van der Waals surface area contributed by atoms with Gasteiger partial charge in [-0.05, 0) is 61.3 Å². The molecule has 8 heteroatoms. The van der Waals surface area contributed by atoms with Gasteiger partial charge in [-0.15, -0.1) is 0 Å². The van der Waals surface area contributed by atoms with Gasteiger partial charge in [-0.3, -0.25) is 9.59 Å². The number of carboxylic acids is 1. The predicted octanol–water partition coefficient (Wildman–Crippen LogP) is 7.37. The molecule has 0 unspecified atom stereocenters. The van der Waals surface area contributed by atoms with Crippen molar-refractivity contribution in [3.63, 3.8) is 0 Å². The minimum Gasteiger partial charge on any atom is -0.481 e. The number of amides is 1. The summed E-state index contributed by atoms with van der Waals surface area (Å²) in [6, 6.07) is 14.9. The van der Waals surface area contributed by atoms with Crippen molar-refractivity contribution in [2.75, 3.05) is 0 Å². The summed E-state index contributed by atoms with van der Waals surface area (Å²) < 4.78 is 7.89. The number of nitrogens with zero attached hydrogens (tertiary/aromatic N) is 3. The zero-order valence-corrected chi connectivity index (χ0v) is 24.5. The van der Waals surface area contributed by atoms with Gasteiger partial charge in [0.05, 0.1) is 5.69 Å². The zero-order valence-electron chi connectivity index (χ0n) is 24.5. The average Bonchev–Trinajstić information content (AvgIpc) is 3.73. The van der Waals surface area contributed by atoms with Gasteiger partial charge in [0.2, 0.25) is 5.89 Å². The second kappa shape index (κ2) is 11.5. The minimum atomic E-state index is -0.845. The average molecular weight is 579 g/mol. The van der Waals surface area contributed by atoms with Gasteiger partial charge in [-0.25, -0.2) is 0 Å². The molecule has 3 aliphatic rings. The highest BCUT2D eigenvalue weighted by atomic mass is 16.5. The molecular formula is C35H38N4O4. The number of aliphatic carboxylic acids is 1. The number of carboxylic acid groups (broad SMARTS) is 1. The molecule has 0 radical (unpaired) electrons. The van der Waals surface area contributed by atoms with Crippen molar-refractivity contribution < 1.29 is 19.2 Å². The third-order valence-corrected chi connectivity index (χ3v) is 9.67. The highest BCUT2D eigenvalue weighted by Crippen LogP contribution is 2.46. The van der Waals surface area contributed by atoms with Crippen molar-refractivity contribution in [3.05, 3.63) is 76.9 Å². The lowest BCUT2D eigenvalue weighted by molar-refractivity contribution is -0.137. The number of allylic oxidation sites excluding steroid dienone is 1. The molecule has 0 bridgehead atoms. The molecule has 2 aromatic heterocycles. The smallest absolute Gasteiger partial charge is 0.303 e. The van der Waals surface area contributed by atoms with Crippen molar-refractivity contribution in [2.45, 2.75) is 95.1 Å². The molecule has 2 aromatic carbocycles. The summed E-state index contributed by atoms with van der Waals surface area (Å²) in [5, 5.41) is 17.8. The largest absolute Gasteiger partial charge is 0.481 e. The van der Waals surface area contributed by atoms with Crippen molar-refractivity contribution in [2.24, 2.45) is 0 Å². The molecule has 3 heterocycles. The Morgan fingerprint density at radius 1 is 1.05 bits per heavy atom. The highest BCUT2D eigenvalue weighted by Gasteiger charge is 2.41. The number of hydrogen-bond donors (Lipinski definition) is 2. The fraction of sp³-hybridized carbons (Fsp3) is 0.429. The number of aromatic nitrogens is 3. The number of hydrogen-bond acceptors (Lipinski definition) is 5. The van der Waals surface area contributed by atoms with Crippen LogP contribution < -0.4 is 5.32 Å². The Kier molecular flexibility index (Phi) is 7.37. The summed E-state index contributed by atoms with van der Waals surface area (Å²) >= 11 is 0. The SMILES string of the molecule is O=C(O)CCCc1nc(C2(NC(=O)c3ccc4c(C5CCCCC5)c5n(c4c3)CC=Cc3ccccc3-5)CCCC2)no1. The van der Waals surface area contributed by atoms with Gasteiger partial charge >= 0.3 is 5.97 Å². The van der Waals surface area contributed by atoms with Crippen LogP contribution in [0.4, 0.5) is 0 Å². The van der Waals surface area contributed by atoms with Crippen LogP contribution in [-0.2, 0) is 23.3 Å². The lowest BCUT2D eigenvalue weighted by atomic mass is 9.81.